The highest BCUT2D eigenvalue weighted by Crippen LogP contribution is 2.23. The van der Waals surface area contributed by atoms with E-state index in [-0.39, 0.29) is 5.91 Å². The molecule has 2 aromatic carbocycles. The quantitative estimate of drug-likeness (QED) is 0.685. The molecule has 1 amide bonds. The molecule has 29 heavy (non-hydrogen) atoms. The first-order valence-electron chi connectivity index (χ1n) is 9.87. The lowest BCUT2D eigenvalue weighted by Crippen LogP contribution is -2.48. The molecule has 0 saturated carbocycles. The molecule has 1 aliphatic rings. The monoisotopic (exact) mass is 390 g/mol. The van der Waals surface area contributed by atoms with Crippen LogP contribution in [0.1, 0.15) is 21.7 Å². The van der Waals surface area contributed by atoms with E-state index in [0.29, 0.717) is 18.7 Å². The molecular weight excluding hydrogens is 364 g/mol. The van der Waals surface area contributed by atoms with Gasteiger partial charge in [-0.25, -0.2) is 4.68 Å². The highest BCUT2D eigenvalue weighted by atomic mass is 16.5. The number of aryl methyl sites for hydroxylation is 2. The Hall–Kier alpha value is -3.28. The van der Waals surface area contributed by atoms with Gasteiger partial charge in [-0.2, -0.15) is 5.10 Å². The Labute approximate surface area is 171 Å². The Morgan fingerprint density at radius 2 is 1.66 bits per heavy atom. The van der Waals surface area contributed by atoms with Crippen LogP contribution < -0.4 is 9.64 Å². The van der Waals surface area contributed by atoms with Gasteiger partial charge in [0.05, 0.1) is 18.5 Å². The van der Waals surface area contributed by atoms with E-state index in [1.54, 1.807) is 7.11 Å². The van der Waals surface area contributed by atoms with Crippen molar-refractivity contribution >= 4 is 11.6 Å². The smallest absolute Gasteiger partial charge is 0.253 e. The molecule has 4 rings (SSSR count). The normalized spacial score (nSPS) is 14.2. The van der Waals surface area contributed by atoms with Crippen LogP contribution in [0.25, 0.3) is 5.69 Å². The molecule has 0 unspecified atom stereocenters. The number of anilines is 1. The zero-order valence-electron chi connectivity index (χ0n) is 17.1. The molecule has 0 atom stereocenters. The molecule has 0 bridgehead atoms. The summed E-state index contributed by atoms with van der Waals surface area (Å²) in [7, 11) is 1.68. The number of amides is 1. The number of hydrogen-bond acceptors (Lipinski definition) is 4. The van der Waals surface area contributed by atoms with Crippen LogP contribution in [0.5, 0.6) is 5.75 Å². The second kappa shape index (κ2) is 7.99. The fourth-order valence-corrected chi connectivity index (χ4v) is 3.79. The van der Waals surface area contributed by atoms with Crippen LogP contribution in [0.3, 0.4) is 0 Å². The molecule has 6 nitrogen and oxygen atoms in total. The van der Waals surface area contributed by atoms with Crippen LogP contribution in [0.15, 0.2) is 54.6 Å². The Morgan fingerprint density at radius 1 is 0.931 bits per heavy atom. The van der Waals surface area contributed by atoms with Gasteiger partial charge < -0.3 is 14.5 Å². The molecule has 0 radical (unpaired) electrons. The second-order valence-electron chi connectivity index (χ2n) is 7.37. The van der Waals surface area contributed by atoms with E-state index < -0.39 is 0 Å². The largest absolute Gasteiger partial charge is 0.497 e. The van der Waals surface area contributed by atoms with Gasteiger partial charge in [-0.15, -0.1) is 0 Å². The number of methoxy groups -OCH3 is 1. The Balaban J connectivity index is 1.41. The summed E-state index contributed by atoms with van der Waals surface area (Å²) in [6.45, 7) is 7.03. The summed E-state index contributed by atoms with van der Waals surface area (Å²) in [5, 5.41) is 4.50. The van der Waals surface area contributed by atoms with Crippen LogP contribution in [0.2, 0.25) is 0 Å². The van der Waals surface area contributed by atoms with Crippen molar-refractivity contribution in [3.63, 3.8) is 0 Å². The van der Waals surface area contributed by atoms with Crippen LogP contribution in [-0.2, 0) is 0 Å². The minimum absolute atomic E-state index is 0.0789. The first-order valence-corrected chi connectivity index (χ1v) is 9.87. The molecular formula is C23H26N4O2. The van der Waals surface area contributed by atoms with E-state index in [2.05, 4.69) is 16.1 Å². The van der Waals surface area contributed by atoms with Gasteiger partial charge in [-0.3, -0.25) is 4.79 Å². The number of ether oxygens (including phenoxy) is 1. The Bertz CT molecular complexity index is 1000. The van der Waals surface area contributed by atoms with Crippen molar-refractivity contribution in [1.29, 1.82) is 0 Å². The molecule has 0 aliphatic carbocycles. The standard InChI is InChI=1S/C23H26N4O2/c1-17-15-18(2)27(24-17)20-9-7-19(8-10-20)23(28)26-13-11-25(12-14-26)21-5-4-6-22(16-21)29-3/h4-10,15-16H,11-14H2,1-3H3. The van der Waals surface area contributed by atoms with Crippen molar-refractivity contribution < 1.29 is 9.53 Å². The maximum Gasteiger partial charge on any atom is 0.253 e. The van der Waals surface area contributed by atoms with Crippen LogP contribution in [0.4, 0.5) is 5.69 Å². The average Bonchev–Trinajstić information content (AvgIpc) is 3.11. The summed E-state index contributed by atoms with van der Waals surface area (Å²) in [5.74, 6) is 0.930. The van der Waals surface area contributed by atoms with Gasteiger partial charge in [0, 0.05) is 49.2 Å². The first kappa shape index (κ1) is 19.1. The van der Waals surface area contributed by atoms with Gasteiger partial charge >= 0.3 is 0 Å². The summed E-state index contributed by atoms with van der Waals surface area (Å²) < 4.78 is 7.22. The highest BCUT2D eigenvalue weighted by Gasteiger charge is 2.22. The van der Waals surface area contributed by atoms with Gasteiger partial charge in [-0.05, 0) is 56.3 Å². The number of hydrogen-bond donors (Lipinski definition) is 0. The van der Waals surface area contributed by atoms with E-state index in [1.807, 2.05) is 72.0 Å². The van der Waals surface area contributed by atoms with Crippen LogP contribution in [-0.4, -0.2) is 53.9 Å². The number of carbonyl (C=O) groups is 1. The zero-order chi connectivity index (χ0) is 20.4. The Kier molecular flexibility index (Phi) is 5.25. The summed E-state index contributed by atoms with van der Waals surface area (Å²) in [6.07, 6.45) is 0. The maximum absolute atomic E-state index is 12.9. The van der Waals surface area contributed by atoms with Crippen molar-refractivity contribution in [1.82, 2.24) is 14.7 Å². The van der Waals surface area contributed by atoms with Gasteiger partial charge in [0.1, 0.15) is 5.75 Å². The molecule has 1 aromatic heterocycles. The van der Waals surface area contributed by atoms with E-state index >= 15 is 0 Å². The van der Waals surface area contributed by atoms with Crippen LogP contribution >= 0.6 is 0 Å². The van der Waals surface area contributed by atoms with Crippen molar-refractivity contribution in [3.05, 3.63) is 71.5 Å². The van der Waals surface area contributed by atoms with E-state index in [4.69, 9.17) is 4.74 Å². The van der Waals surface area contributed by atoms with E-state index in [0.717, 1.165) is 41.6 Å². The maximum atomic E-state index is 12.9. The first-order chi connectivity index (χ1) is 14.0. The fourth-order valence-electron chi connectivity index (χ4n) is 3.79. The molecule has 3 aromatic rings. The molecule has 1 saturated heterocycles. The van der Waals surface area contributed by atoms with E-state index in [1.165, 1.54) is 0 Å². The zero-order valence-corrected chi connectivity index (χ0v) is 17.1. The summed E-state index contributed by atoms with van der Waals surface area (Å²) >= 11 is 0. The highest BCUT2D eigenvalue weighted by molar-refractivity contribution is 5.94. The number of nitrogens with zero attached hydrogens (tertiary/aromatic N) is 4. The lowest BCUT2D eigenvalue weighted by Gasteiger charge is -2.36. The molecule has 0 N–H and O–H groups in total. The third-order valence-corrected chi connectivity index (χ3v) is 5.35. The predicted octanol–water partition coefficient (Wildman–Crippen LogP) is 3.46. The molecule has 1 fully saturated rings. The average molecular weight is 390 g/mol. The molecule has 1 aliphatic heterocycles. The minimum Gasteiger partial charge on any atom is -0.497 e. The van der Waals surface area contributed by atoms with Crippen molar-refractivity contribution in [2.24, 2.45) is 0 Å². The van der Waals surface area contributed by atoms with Gasteiger partial charge in [0.2, 0.25) is 0 Å². The number of carbonyl (C=O) groups excluding carboxylic acids is 1. The predicted molar refractivity (Wildman–Crippen MR) is 114 cm³/mol. The van der Waals surface area contributed by atoms with Gasteiger partial charge in [-0.1, -0.05) is 6.07 Å². The topological polar surface area (TPSA) is 50.6 Å². The molecule has 150 valence electrons. The summed E-state index contributed by atoms with van der Waals surface area (Å²) in [4.78, 5) is 17.1. The number of benzene rings is 2. The summed E-state index contributed by atoms with van der Waals surface area (Å²) in [6, 6.07) is 17.8. The number of piperazine rings is 1. The molecule has 0 spiro atoms. The second-order valence-corrected chi connectivity index (χ2v) is 7.37. The lowest BCUT2D eigenvalue weighted by molar-refractivity contribution is 0.0747. The number of rotatable bonds is 4. The van der Waals surface area contributed by atoms with E-state index in [9.17, 15) is 4.79 Å². The SMILES string of the molecule is COc1cccc(N2CCN(C(=O)c3ccc(-n4nc(C)cc4C)cc3)CC2)c1. The fraction of sp³-hybridized carbons (Fsp3) is 0.304. The minimum atomic E-state index is 0.0789. The third kappa shape index (κ3) is 3.97. The molecule has 2 heterocycles. The van der Waals surface area contributed by atoms with Crippen molar-refractivity contribution in [3.8, 4) is 11.4 Å². The Morgan fingerprint density at radius 3 is 2.28 bits per heavy atom. The number of aromatic nitrogens is 2. The van der Waals surface area contributed by atoms with Gasteiger partial charge in [0.15, 0.2) is 0 Å². The van der Waals surface area contributed by atoms with Crippen molar-refractivity contribution in [2.75, 3.05) is 38.2 Å². The lowest BCUT2D eigenvalue weighted by atomic mass is 10.1. The molecule has 6 heteroatoms. The third-order valence-electron chi connectivity index (χ3n) is 5.35. The summed E-state index contributed by atoms with van der Waals surface area (Å²) in [5.41, 5.74) is 4.87. The van der Waals surface area contributed by atoms with Crippen LogP contribution in [0, 0.1) is 13.8 Å². The van der Waals surface area contributed by atoms with Gasteiger partial charge in [0.25, 0.3) is 5.91 Å². The van der Waals surface area contributed by atoms with Crippen molar-refractivity contribution in [2.45, 2.75) is 13.8 Å².